The number of likely N-dealkylation sites (tertiary alicyclic amines) is 1. The molecule has 1 aromatic carbocycles. The Morgan fingerprint density at radius 1 is 1.37 bits per heavy atom. The van der Waals surface area contributed by atoms with Crippen molar-refractivity contribution < 1.29 is 14.6 Å². The van der Waals surface area contributed by atoms with E-state index in [0.717, 1.165) is 30.2 Å². The molecule has 2 atom stereocenters. The van der Waals surface area contributed by atoms with Crippen LogP contribution >= 0.6 is 0 Å². The van der Waals surface area contributed by atoms with Gasteiger partial charge < -0.3 is 19.6 Å². The summed E-state index contributed by atoms with van der Waals surface area (Å²) in [5.74, 6) is 0.974. The second-order valence-corrected chi connectivity index (χ2v) is 7.42. The van der Waals surface area contributed by atoms with Gasteiger partial charge in [-0.3, -0.25) is 4.79 Å². The zero-order chi connectivity index (χ0) is 19.4. The maximum absolute atomic E-state index is 13.2. The molecule has 146 valence electrons. The van der Waals surface area contributed by atoms with Gasteiger partial charge in [-0.25, -0.2) is 4.98 Å². The minimum absolute atomic E-state index is 0.0507. The quantitative estimate of drug-likeness (QED) is 0.845. The molecular formula is C21H29N3O3. The predicted molar refractivity (Wildman–Crippen MR) is 106 cm³/mol. The van der Waals surface area contributed by atoms with E-state index in [0.29, 0.717) is 36.5 Å². The predicted octanol–water partition coefficient (Wildman–Crippen LogP) is 2.41. The van der Waals surface area contributed by atoms with E-state index in [1.165, 1.54) is 0 Å². The number of nitrogens with zero attached hydrogens (tertiary/aromatic N) is 3. The summed E-state index contributed by atoms with van der Waals surface area (Å²) in [5, 5.41) is 10.1. The summed E-state index contributed by atoms with van der Waals surface area (Å²) in [4.78, 5) is 21.9. The van der Waals surface area contributed by atoms with Crippen LogP contribution in [0.15, 0.2) is 30.3 Å². The first kappa shape index (κ1) is 19.6. The SMILES string of the molecule is COc1cc(C(=O)N2CC[C@@H](N(C)C)[C@@H](CCCO)C2)nc2ccccc12. The van der Waals surface area contributed by atoms with Crippen molar-refractivity contribution in [2.24, 2.45) is 5.92 Å². The van der Waals surface area contributed by atoms with Crippen molar-refractivity contribution in [3.8, 4) is 5.75 Å². The lowest BCUT2D eigenvalue weighted by molar-refractivity contribution is 0.0491. The highest BCUT2D eigenvalue weighted by atomic mass is 16.5. The number of carbonyl (C=O) groups is 1. The Morgan fingerprint density at radius 2 is 2.15 bits per heavy atom. The molecule has 2 heterocycles. The fraction of sp³-hybridized carbons (Fsp3) is 0.524. The Labute approximate surface area is 160 Å². The number of aliphatic hydroxyl groups is 1. The second kappa shape index (κ2) is 8.67. The molecule has 0 spiro atoms. The summed E-state index contributed by atoms with van der Waals surface area (Å²) < 4.78 is 5.48. The molecule has 1 aliphatic heterocycles. The van der Waals surface area contributed by atoms with E-state index >= 15 is 0 Å². The molecule has 2 aromatic rings. The molecule has 0 radical (unpaired) electrons. The molecule has 0 saturated carbocycles. The van der Waals surface area contributed by atoms with Crippen LogP contribution in [0.2, 0.25) is 0 Å². The van der Waals surface area contributed by atoms with Crippen molar-refractivity contribution >= 4 is 16.8 Å². The lowest BCUT2D eigenvalue weighted by atomic mass is 9.87. The highest BCUT2D eigenvalue weighted by Crippen LogP contribution is 2.28. The van der Waals surface area contributed by atoms with Crippen molar-refractivity contribution in [2.75, 3.05) is 40.9 Å². The molecule has 0 aliphatic carbocycles. The summed E-state index contributed by atoms with van der Waals surface area (Å²) >= 11 is 0. The van der Waals surface area contributed by atoms with Crippen LogP contribution in [0, 0.1) is 5.92 Å². The Morgan fingerprint density at radius 3 is 2.85 bits per heavy atom. The van der Waals surface area contributed by atoms with E-state index in [9.17, 15) is 9.90 Å². The van der Waals surface area contributed by atoms with Gasteiger partial charge in [0.15, 0.2) is 0 Å². The first-order valence-corrected chi connectivity index (χ1v) is 9.55. The van der Waals surface area contributed by atoms with Gasteiger partial charge in [0.2, 0.25) is 0 Å². The van der Waals surface area contributed by atoms with Gasteiger partial charge in [0, 0.05) is 37.2 Å². The molecule has 1 saturated heterocycles. The minimum atomic E-state index is -0.0507. The molecule has 0 unspecified atom stereocenters. The molecule has 6 heteroatoms. The van der Waals surface area contributed by atoms with Crippen molar-refractivity contribution in [2.45, 2.75) is 25.3 Å². The van der Waals surface area contributed by atoms with Gasteiger partial charge in [-0.1, -0.05) is 12.1 Å². The van der Waals surface area contributed by atoms with Gasteiger partial charge in [0.25, 0.3) is 5.91 Å². The Hall–Kier alpha value is -2.18. The number of pyridine rings is 1. The first-order valence-electron chi connectivity index (χ1n) is 9.55. The smallest absolute Gasteiger partial charge is 0.272 e. The number of para-hydroxylation sites is 1. The van der Waals surface area contributed by atoms with E-state index in [1.54, 1.807) is 13.2 Å². The van der Waals surface area contributed by atoms with Crippen LogP contribution < -0.4 is 4.74 Å². The van der Waals surface area contributed by atoms with Crippen molar-refractivity contribution in [1.82, 2.24) is 14.8 Å². The summed E-state index contributed by atoms with van der Waals surface area (Å²) in [6, 6.07) is 9.87. The zero-order valence-electron chi connectivity index (χ0n) is 16.4. The minimum Gasteiger partial charge on any atom is -0.496 e. The van der Waals surface area contributed by atoms with E-state index < -0.39 is 0 Å². The number of fused-ring (bicyclic) bond motifs is 1. The summed E-state index contributed by atoms with van der Waals surface area (Å²) in [6.07, 6.45) is 2.61. The van der Waals surface area contributed by atoms with E-state index in [4.69, 9.17) is 4.74 Å². The summed E-state index contributed by atoms with van der Waals surface area (Å²) in [7, 11) is 5.79. The Bertz CT molecular complexity index is 793. The molecule has 1 aliphatic rings. The maximum atomic E-state index is 13.2. The van der Waals surface area contributed by atoms with Gasteiger partial charge in [-0.2, -0.15) is 0 Å². The van der Waals surface area contributed by atoms with Crippen LogP contribution in [-0.2, 0) is 0 Å². The number of hydrogen-bond donors (Lipinski definition) is 1. The van der Waals surface area contributed by atoms with Crippen molar-refractivity contribution in [3.05, 3.63) is 36.0 Å². The van der Waals surface area contributed by atoms with Crippen LogP contribution in [0.3, 0.4) is 0 Å². The molecule has 1 fully saturated rings. The Balaban J connectivity index is 1.84. The van der Waals surface area contributed by atoms with Gasteiger partial charge in [-0.15, -0.1) is 0 Å². The fourth-order valence-electron chi connectivity index (χ4n) is 4.11. The number of methoxy groups -OCH3 is 1. The molecular weight excluding hydrogens is 342 g/mol. The lowest BCUT2D eigenvalue weighted by Crippen LogP contribution is -2.50. The van der Waals surface area contributed by atoms with Gasteiger partial charge in [-0.05, 0) is 51.4 Å². The van der Waals surface area contributed by atoms with Crippen molar-refractivity contribution in [3.63, 3.8) is 0 Å². The van der Waals surface area contributed by atoms with Crippen LogP contribution in [0.25, 0.3) is 10.9 Å². The van der Waals surface area contributed by atoms with E-state index in [1.807, 2.05) is 29.2 Å². The number of amides is 1. The highest BCUT2D eigenvalue weighted by Gasteiger charge is 2.33. The normalized spacial score (nSPS) is 20.3. The highest BCUT2D eigenvalue weighted by molar-refractivity contribution is 5.97. The molecule has 1 amide bonds. The number of hydrogen-bond acceptors (Lipinski definition) is 5. The fourth-order valence-corrected chi connectivity index (χ4v) is 4.11. The number of rotatable bonds is 6. The second-order valence-electron chi connectivity index (χ2n) is 7.42. The van der Waals surface area contributed by atoms with E-state index in [-0.39, 0.29) is 12.5 Å². The monoisotopic (exact) mass is 371 g/mol. The number of aliphatic hydroxyl groups excluding tert-OH is 1. The number of benzene rings is 1. The van der Waals surface area contributed by atoms with Crippen LogP contribution in [0.1, 0.15) is 29.8 Å². The van der Waals surface area contributed by atoms with Gasteiger partial charge >= 0.3 is 0 Å². The largest absolute Gasteiger partial charge is 0.496 e. The first-order chi connectivity index (χ1) is 13.0. The molecule has 0 bridgehead atoms. The lowest BCUT2D eigenvalue weighted by Gasteiger charge is -2.41. The van der Waals surface area contributed by atoms with Gasteiger partial charge in [0.1, 0.15) is 11.4 Å². The topological polar surface area (TPSA) is 65.9 Å². The number of aromatic nitrogens is 1. The molecule has 6 nitrogen and oxygen atoms in total. The molecule has 1 N–H and O–H groups in total. The third-order valence-corrected chi connectivity index (χ3v) is 5.49. The number of ether oxygens (including phenoxy) is 1. The Kier molecular flexibility index (Phi) is 6.29. The molecule has 3 rings (SSSR count). The van der Waals surface area contributed by atoms with Crippen molar-refractivity contribution in [1.29, 1.82) is 0 Å². The third kappa shape index (κ3) is 4.22. The van der Waals surface area contributed by atoms with Crippen LogP contribution in [0.5, 0.6) is 5.75 Å². The zero-order valence-corrected chi connectivity index (χ0v) is 16.4. The molecule has 27 heavy (non-hydrogen) atoms. The third-order valence-electron chi connectivity index (χ3n) is 5.49. The maximum Gasteiger partial charge on any atom is 0.272 e. The van der Waals surface area contributed by atoms with Crippen LogP contribution in [-0.4, -0.2) is 72.7 Å². The summed E-state index contributed by atoms with van der Waals surface area (Å²) in [5.41, 5.74) is 1.19. The van der Waals surface area contributed by atoms with Crippen LogP contribution in [0.4, 0.5) is 0 Å². The number of piperidine rings is 1. The average molecular weight is 371 g/mol. The summed E-state index contributed by atoms with van der Waals surface area (Å²) in [6.45, 7) is 1.60. The standard InChI is InChI=1S/C21H29N3O3/c1-23(2)19-10-11-24(14-15(19)7-6-12-25)21(26)18-13-20(27-3)16-8-4-5-9-17(16)22-18/h4-5,8-9,13,15,19,25H,6-7,10-12,14H2,1-3H3/t15-,19+/m0/s1. The average Bonchev–Trinajstić information content (AvgIpc) is 2.70. The van der Waals surface area contributed by atoms with Gasteiger partial charge in [0.05, 0.1) is 12.6 Å². The van der Waals surface area contributed by atoms with E-state index in [2.05, 4.69) is 24.0 Å². The number of carbonyl (C=O) groups excluding carboxylic acids is 1. The molecule has 1 aromatic heterocycles.